The fraction of sp³-hybridized carbons (Fsp3) is 0.0625. The fourth-order valence-corrected chi connectivity index (χ4v) is 2.33. The molecule has 3 aromatic rings. The van der Waals surface area contributed by atoms with Crippen molar-refractivity contribution >= 4 is 22.9 Å². The van der Waals surface area contributed by atoms with E-state index in [1.807, 2.05) is 6.07 Å². The van der Waals surface area contributed by atoms with Crippen molar-refractivity contribution in [1.29, 1.82) is 5.26 Å². The van der Waals surface area contributed by atoms with Crippen LogP contribution in [0.25, 0.3) is 11.1 Å². The van der Waals surface area contributed by atoms with Crippen molar-refractivity contribution < 1.29 is 14.3 Å². The van der Waals surface area contributed by atoms with E-state index >= 15 is 0 Å². The van der Waals surface area contributed by atoms with Crippen LogP contribution >= 0.6 is 0 Å². The summed E-state index contributed by atoms with van der Waals surface area (Å²) >= 11 is 0. The summed E-state index contributed by atoms with van der Waals surface area (Å²) in [4.78, 5) is 22.7. The standard InChI is InChI=1S/C16H11N3O4/c17-8-10-4-5-14-13(7-10)19(16(22)23-14)9-11-2-1-3-12(6-11)18-15(20)21/h1-7,18H,9H2,(H,20,21). The number of carboxylic acid groups (broad SMARTS) is 1. The zero-order valence-corrected chi connectivity index (χ0v) is 11.8. The maximum atomic E-state index is 12.0. The molecule has 0 saturated heterocycles. The van der Waals surface area contributed by atoms with E-state index in [0.29, 0.717) is 22.4 Å². The molecule has 1 aromatic heterocycles. The molecule has 0 spiro atoms. The minimum absolute atomic E-state index is 0.204. The third kappa shape index (κ3) is 2.91. The molecule has 0 radical (unpaired) electrons. The van der Waals surface area contributed by atoms with Gasteiger partial charge in [0, 0.05) is 5.69 Å². The Kier molecular flexibility index (Phi) is 3.57. The van der Waals surface area contributed by atoms with Crippen LogP contribution in [0.2, 0.25) is 0 Å². The first kappa shape index (κ1) is 14.4. The largest absolute Gasteiger partial charge is 0.465 e. The van der Waals surface area contributed by atoms with Crippen LogP contribution in [-0.4, -0.2) is 15.8 Å². The second-order valence-corrected chi connectivity index (χ2v) is 4.88. The molecule has 0 fully saturated rings. The Balaban J connectivity index is 2.01. The van der Waals surface area contributed by atoms with Gasteiger partial charge in [-0.05, 0) is 35.9 Å². The molecule has 0 bridgehead atoms. The van der Waals surface area contributed by atoms with Gasteiger partial charge >= 0.3 is 11.8 Å². The van der Waals surface area contributed by atoms with Gasteiger partial charge in [0.05, 0.1) is 23.7 Å². The van der Waals surface area contributed by atoms with E-state index in [1.54, 1.807) is 42.5 Å². The molecule has 0 saturated carbocycles. The lowest BCUT2D eigenvalue weighted by atomic mass is 10.2. The number of oxazole rings is 1. The third-order valence-corrected chi connectivity index (χ3v) is 3.32. The average molecular weight is 309 g/mol. The van der Waals surface area contributed by atoms with Gasteiger partial charge in [-0.25, -0.2) is 9.59 Å². The Labute approximate surface area is 130 Å². The molecule has 1 amide bonds. The van der Waals surface area contributed by atoms with E-state index in [1.165, 1.54) is 4.57 Å². The highest BCUT2D eigenvalue weighted by atomic mass is 16.4. The molecule has 0 aliphatic heterocycles. The van der Waals surface area contributed by atoms with Crippen LogP contribution in [0.3, 0.4) is 0 Å². The highest BCUT2D eigenvalue weighted by Gasteiger charge is 2.11. The zero-order chi connectivity index (χ0) is 16.4. The van der Waals surface area contributed by atoms with Crippen LogP contribution in [-0.2, 0) is 6.54 Å². The number of hydrogen-bond acceptors (Lipinski definition) is 4. The van der Waals surface area contributed by atoms with Gasteiger partial charge in [0.15, 0.2) is 5.58 Å². The molecular formula is C16H11N3O4. The molecule has 0 aliphatic rings. The Morgan fingerprint density at radius 3 is 2.87 bits per heavy atom. The van der Waals surface area contributed by atoms with Crippen molar-refractivity contribution in [3.8, 4) is 6.07 Å². The van der Waals surface area contributed by atoms with E-state index < -0.39 is 11.8 Å². The molecule has 3 rings (SSSR count). The van der Waals surface area contributed by atoms with Crippen LogP contribution < -0.4 is 11.1 Å². The number of rotatable bonds is 3. The van der Waals surface area contributed by atoms with Gasteiger partial charge in [-0.2, -0.15) is 5.26 Å². The monoisotopic (exact) mass is 309 g/mol. The SMILES string of the molecule is N#Cc1ccc2oc(=O)n(Cc3cccc(NC(=O)O)c3)c2c1. The van der Waals surface area contributed by atoms with Gasteiger partial charge in [-0.3, -0.25) is 9.88 Å². The minimum atomic E-state index is -1.16. The predicted molar refractivity (Wildman–Crippen MR) is 82.4 cm³/mol. The van der Waals surface area contributed by atoms with Crippen LogP contribution in [0, 0.1) is 11.3 Å². The third-order valence-electron chi connectivity index (χ3n) is 3.32. The smallest absolute Gasteiger partial charge is 0.420 e. The van der Waals surface area contributed by atoms with Gasteiger partial charge in [0.2, 0.25) is 0 Å². The molecule has 0 unspecified atom stereocenters. The van der Waals surface area contributed by atoms with E-state index in [0.717, 1.165) is 5.56 Å². The Morgan fingerprint density at radius 2 is 2.13 bits per heavy atom. The van der Waals surface area contributed by atoms with Crippen molar-refractivity contribution in [2.24, 2.45) is 0 Å². The number of nitrogens with zero attached hydrogens (tertiary/aromatic N) is 2. The average Bonchev–Trinajstić information content (AvgIpc) is 2.82. The lowest BCUT2D eigenvalue weighted by molar-refractivity contribution is 0.209. The van der Waals surface area contributed by atoms with E-state index in [-0.39, 0.29) is 6.54 Å². The summed E-state index contributed by atoms with van der Waals surface area (Å²) < 4.78 is 6.55. The molecule has 7 nitrogen and oxygen atoms in total. The minimum Gasteiger partial charge on any atom is -0.465 e. The molecular weight excluding hydrogens is 298 g/mol. The molecule has 1 heterocycles. The number of nitriles is 1. The number of anilines is 1. The Hall–Kier alpha value is -3.53. The van der Waals surface area contributed by atoms with Crippen molar-refractivity contribution in [2.45, 2.75) is 6.54 Å². The molecule has 7 heteroatoms. The lowest BCUT2D eigenvalue weighted by Crippen LogP contribution is -2.15. The number of hydrogen-bond donors (Lipinski definition) is 2. The van der Waals surface area contributed by atoms with Crippen LogP contribution in [0.15, 0.2) is 51.7 Å². The van der Waals surface area contributed by atoms with Gasteiger partial charge < -0.3 is 9.52 Å². The number of nitrogens with one attached hydrogen (secondary N) is 1. The molecule has 0 aliphatic carbocycles. The summed E-state index contributed by atoms with van der Waals surface area (Å²) in [6.07, 6.45) is -1.16. The number of amides is 1. The van der Waals surface area contributed by atoms with Crippen molar-refractivity contribution in [2.75, 3.05) is 5.32 Å². The van der Waals surface area contributed by atoms with Crippen molar-refractivity contribution in [1.82, 2.24) is 4.57 Å². The quantitative estimate of drug-likeness (QED) is 0.773. The number of fused-ring (bicyclic) bond motifs is 1. The van der Waals surface area contributed by atoms with Gasteiger partial charge in [0.25, 0.3) is 0 Å². The maximum Gasteiger partial charge on any atom is 0.420 e. The van der Waals surface area contributed by atoms with Gasteiger partial charge in [-0.1, -0.05) is 12.1 Å². The fourth-order valence-electron chi connectivity index (χ4n) is 2.33. The summed E-state index contributed by atoms with van der Waals surface area (Å²) in [5.41, 5.74) is 2.48. The van der Waals surface area contributed by atoms with Crippen LogP contribution in [0.1, 0.15) is 11.1 Å². The topological polar surface area (TPSA) is 108 Å². The van der Waals surface area contributed by atoms with Crippen molar-refractivity contribution in [3.63, 3.8) is 0 Å². The number of benzene rings is 2. The van der Waals surface area contributed by atoms with Crippen LogP contribution in [0.5, 0.6) is 0 Å². The zero-order valence-electron chi connectivity index (χ0n) is 11.8. The molecule has 0 atom stereocenters. The summed E-state index contributed by atoms with van der Waals surface area (Å²) in [5, 5.41) is 20.0. The summed E-state index contributed by atoms with van der Waals surface area (Å²) in [7, 11) is 0. The molecule has 114 valence electrons. The number of carbonyl (C=O) groups is 1. The molecule has 2 aromatic carbocycles. The second kappa shape index (κ2) is 5.69. The van der Waals surface area contributed by atoms with E-state index in [9.17, 15) is 9.59 Å². The highest BCUT2D eigenvalue weighted by molar-refractivity contribution is 5.82. The number of aromatic nitrogens is 1. The van der Waals surface area contributed by atoms with Gasteiger partial charge in [-0.15, -0.1) is 0 Å². The van der Waals surface area contributed by atoms with Gasteiger partial charge in [0.1, 0.15) is 0 Å². The molecule has 2 N–H and O–H groups in total. The predicted octanol–water partition coefficient (Wildman–Crippen LogP) is 2.60. The second-order valence-electron chi connectivity index (χ2n) is 4.88. The van der Waals surface area contributed by atoms with E-state index in [4.69, 9.17) is 14.8 Å². The van der Waals surface area contributed by atoms with Crippen LogP contribution in [0.4, 0.5) is 10.5 Å². The summed E-state index contributed by atoms with van der Waals surface area (Å²) in [6, 6.07) is 13.5. The maximum absolute atomic E-state index is 12.0. The first-order valence-electron chi connectivity index (χ1n) is 6.69. The normalized spacial score (nSPS) is 10.4. The summed E-state index contributed by atoms with van der Waals surface area (Å²) in [5.74, 6) is -0.535. The first-order chi connectivity index (χ1) is 11.1. The summed E-state index contributed by atoms with van der Waals surface area (Å²) in [6.45, 7) is 0.204. The molecule has 23 heavy (non-hydrogen) atoms. The van der Waals surface area contributed by atoms with Crippen molar-refractivity contribution in [3.05, 3.63) is 64.1 Å². The highest BCUT2D eigenvalue weighted by Crippen LogP contribution is 2.17. The Bertz CT molecular complexity index is 994. The first-order valence-corrected chi connectivity index (χ1v) is 6.69. The Morgan fingerprint density at radius 1 is 1.30 bits per heavy atom. The lowest BCUT2D eigenvalue weighted by Gasteiger charge is -2.06. The van der Waals surface area contributed by atoms with E-state index in [2.05, 4.69) is 5.32 Å².